The molecule has 5 nitrogen and oxygen atoms in total. The maximum Gasteiger partial charge on any atom is 0.332 e. The van der Waals surface area contributed by atoms with Crippen LogP contribution in [-0.2, 0) is 18.4 Å². The number of hydrogen-bond acceptors (Lipinski definition) is 3. The number of aryl methyl sites for hydroxylation is 1. The molecule has 76 valence electrons. The fourth-order valence-corrected chi connectivity index (χ4v) is 0.975. The van der Waals surface area contributed by atoms with Crippen LogP contribution in [0.4, 0.5) is 0 Å². The third-order valence-corrected chi connectivity index (χ3v) is 1.72. The van der Waals surface area contributed by atoms with E-state index < -0.39 is 5.97 Å². The van der Waals surface area contributed by atoms with Gasteiger partial charge in [-0.05, 0) is 6.07 Å². The van der Waals surface area contributed by atoms with Crippen LogP contribution in [0.25, 0.3) is 0 Å². The van der Waals surface area contributed by atoms with Crippen molar-refractivity contribution in [1.82, 2.24) is 15.1 Å². The Bertz CT molecular complexity index is 344. The highest BCUT2D eigenvalue weighted by molar-refractivity contribution is 5.86. The molecule has 0 unspecified atom stereocenters. The van der Waals surface area contributed by atoms with Crippen LogP contribution in [-0.4, -0.2) is 27.4 Å². The lowest BCUT2D eigenvalue weighted by molar-refractivity contribution is -0.132. The van der Waals surface area contributed by atoms with E-state index in [2.05, 4.69) is 17.0 Å². The first kappa shape index (κ1) is 10.5. The van der Waals surface area contributed by atoms with Crippen molar-refractivity contribution in [2.75, 3.05) is 6.54 Å². The molecule has 1 aromatic heterocycles. The predicted octanol–water partition coefficient (Wildman–Crippen LogP) is 0.150. The summed E-state index contributed by atoms with van der Waals surface area (Å²) in [4.78, 5) is 10.4. The molecule has 0 saturated carbocycles. The van der Waals surface area contributed by atoms with Gasteiger partial charge < -0.3 is 10.4 Å². The number of nitrogens with zero attached hydrogens (tertiary/aromatic N) is 2. The number of hydrogen-bond donors (Lipinski definition) is 2. The molecule has 0 aliphatic rings. The minimum absolute atomic E-state index is 0.154. The van der Waals surface area contributed by atoms with E-state index in [1.807, 2.05) is 19.3 Å². The minimum Gasteiger partial charge on any atom is -0.478 e. The molecule has 0 aromatic carbocycles. The molecule has 0 bridgehead atoms. The van der Waals surface area contributed by atoms with Crippen LogP contribution < -0.4 is 5.32 Å². The number of carboxylic acids is 1. The molecule has 5 heteroatoms. The summed E-state index contributed by atoms with van der Waals surface area (Å²) < 4.78 is 1.70. The van der Waals surface area contributed by atoms with E-state index in [1.165, 1.54) is 0 Å². The van der Waals surface area contributed by atoms with E-state index in [1.54, 1.807) is 4.68 Å². The lowest BCUT2D eigenvalue weighted by Crippen LogP contribution is -2.20. The van der Waals surface area contributed by atoms with E-state index in [0.29, 0.717) is 6.54 Å². The van der Waals surface area contributed by atoms with Crippen LogP contribution in [0, 0.1) is 0 Å². The van der Waals surface area contributed by atoms with Gasteiger partial charge in [0.25, 0.3) is 0 Å². The molecule has 0 amide bonds. The lowest BCUT2D eigenvalue weighted by atomic mass is 10.3. The number of aromatic nitrogens is 2. The molecule has 2 N–H and O–H groups in total. The Labute approximate surface area is 82.0 Å². The molecular formula is C9H13N3O2. The molecule has 0 saturated heterocycles. The Morgan fingerprint density at radius 2 is 2.50 bits per heavy atom. The highest BCUT2D eigenvalue weighted by Gasteiger charge is 2.03. The van der Waals surface area contributed by atoms with Crippen molar-refractivity contribution in [2.24, 2.45) is 7.05 Å². The van der Waals surface area contributed by atoms with E-state index in [9.17, 15) is 4.79 Å². The Morgan fingerprint density at radius 3 is 3.00 bits per heavy atom. The van der Waals surface area contributed by atoms with Crippen molar-refractivity contribution in [3.05, 3.63) is 30.1 Å². The van der Waals surface area contributed by atoms with Crippen LogP contribution in [0.5, 0.6) is 0 Å². The average molecular weight is 195 g/mol. The number of nitrogens with one attached hydrogen (secondary N) is 1. The molecule has 0 radical (unpaired) electrons. The zero-order chi connectivity index (χ0) is 10.6. The van der Waals surface area contributed by atoms with E-state index >= 15 is 0 Å². The van der Waals surface area contributed by atoms with Gasteiger partial charge in [-0.25, -0.2) is 4.79 Å². The predicted molar refractivity (Wildman–Crippen MR) is 51.7 cm³/mol. The molecular weight excluding hydrogens is 182 g/mol. The topological polar surface area (TPSA) is 67.2 Å². The van der Waals surface area contributed by atoms with Gasteiger partial charge in [-0.1, -0.05) is 6.58 Å². The monoisotopic (exact) mass is 195 g/mol. The fraction of sp³-hybridized carbons (Fsp3) is 0.333. The van der Waals surface area contributed by atoms with Gasteiger partial charge in [-0.15, -0.1) is 0 Å². The van der Waals surface area contributed by atoms with E-state index in [-0.39, 0.29) is 12.1 Å². The van der Waals surface area contributed by atoms with E-state index in [0.717, 1.165) is 5.69 Å². The number of carboxylic acid groups (broad SMARTS) is 1. The second kappa shape index (κ2) is 4.57. The zero-order valence-electron chi connectivity index (χ0n) is 8.03. The van der Waals surface area contributed by atoms with Crippen LogP contribution >= 0.6 is 0 Å². The van der Waals surface area contributed by atoms with Crippen molar-refractivity contribution in [1.29, 1.82) is 0 Å². The highest BCUT2D eigenvalue weighted by atomic mass is 16.4. The molecule has 0 spiro atoms. The average Bonchev–Trinajstić information content (AvgIpc) is 2.51. The maximum atomic E-state index is 10.4. The van der Waals surface area contributed by atoms with Gasteiger partial charge in [0.2, 0.25) is 0 Å². The number of aliphatic carboxylic acids is 1. The first-order valence-corrected chi connectivity index (χ1v) is 4.20. The van der Waals surface area contributed by atoms with Gasteiger partial charge in [0.1, 0.15) is 0 Å². The molecule has 0 fully saturated rings. The smallest absolute Gasteiger partial charge is 0.332 e. The van der Waals surface area contributed by atoms with Crippen LogP contribution in [0.1, 0.15) is 5.69 Å². The summed E-state index contributed by atoms with van der Waals surface area (Å²) in [5.74, 6) is -0.974. The standard InChI is InChI=1S/C9H13N3O2/c1-7(9(13)14)5-10-6-8-3-4-12(2)11-8/h3-4,10H,1,5-6H2,2H3,(H,13,14). The summed E-state index contributed by atoms with van der Waals surface area (Å²) in [5, 5.41) is 15.6. The summed E-state index contributed by atoms with van der Waals surface area (Å²) in [5.41, 5.74) is 1.03. The van der Waals surface area contributed by atoms with Gasteiger partial charge in [-0.2, -0.15) is 5.10 Å². The Kier molecular flexibility index (Phi) is 3.41. The third kappa shape index (κ3) is 3.02. The summed E-state index contributed by atoms with van der Waals surface area (Å²) in [6.45, 7) is 4.22. The number of rotatable bonds is 5. The van der Waals surface area contributed by atoms with Gasteiger partial charge in [0.05, 0.1) is 5.69 Å². The van der Waals surface area contributed by atoms with Gasteiger partial charge in [-0.3, -0.25) is 4.68 Å². The summed E-state index contributed by atoms with van der Waals surface area (Å²) >= 11 is 0. The fourth-order valence-electron chi connectivity index (χ4n) is 0.975. The van der Waals surface area contributed by atoms with Crippen LogP contribution in [0.2, 0.25) is 0 Å². The van der Waals surface area contributed by atoms with Gasteiger partial charge >= 0.3 is 5.97 Å². The molecule has 1 rings (SSSR count). The molecule has 14 heavy (non-hydrogen) atoms. The quantitative estimate of drug-likeness (QED) is 0.656. The van der Waals surface area contributed by atoms with Crippen molar-refractivity contribution >= 4 is 5.97 Å². The molecule has 1 aromatic rings. The van der Waals surface area contributed by atoms with E-state index in [4.69, 9.17) is 5.11 Å². The van der Waals surface area contributed by atoms with Gasteiger partial charge in [0.15, 0.2) is 0 Å². The minimum atomic E-state index is -0.974. The second-order valence-corrected chi connectivity index (χ2v) is 2.99. The van der Waals surface area contributed by atoms with Crippen molar-refractivity contribution in [3.8, 4) is 0 Å². The molecule has 1 heterocycles. The molecule has 0 atom stereocenters. The number of carbonyl (C=O) groups is 1. The lowest BCUT2D eigenvalue weighted by Gasteiger charge is -2.01. The normalized spacial score (nSPS) is 10.1. The highest BCUT2D eigenvalue weighted by Crippen LogP contribution is 1.94. The summed E-state index contributed by atoms with van der Waals surface area (Å²) in [6.07, 6.45) is 1.84. The van der Waals surface area contributed by atoms with Crippen molar-refractivity contribution in [2.45, 2.75) is 6.54 Å². The molecule has 0 aliphatic carbocycles. The first-order valence-electron chi connectivity index (χ1n) is 4.20. The Hall–Kier alpha value is -1.62. The Balaban J connectivity index is 2.29. The zero-order valence-corrected chi connectivity index (χ0v) is 8.03. The molecule has 0 aliphatic heterocycles. The van der Waals surface area contributed by atoms with Gasteiger partial charge in [0, 0.05) is 31.9 Å². The van der Waals surface area contributed by atoms with Crippen molar-refractivity contribution < 1.29 is 9.90 Å². The second-order valence-electron chi connectivity index (χ2n) is 2.99. The third-order valence-electron chi connectivity index (χ3n) is 1.72. The van der Waals surface area contributed by atoms with Crippen LogP contribution in [0.15, 0.2) is 24.4 Å². The van der Waals surface area contributed by atoms with Crippen LogP contribution in [0.3, 0.4) is 0 Å². The van der Waals surface area contributed by atoms with Crippen molar-refractivity contribution in [3.63, 3.8) is 0 Å². The first-order chi connectivity index (χ1) is 6.59. The maximum absolute atomic E-state index is 10.4. The SMILES string of the molecule is C=C(CNCc1ccn(C)n1)C(=O)O. The summed E-state index contributed by atoms with van der Waals surface area (Å²) in [6, 6.07) is 1.87. The summed E-state index contributed by atoms with van der Waals surface area (Å²) in [7, 11) is 1.83. The largest absolute Gasteiger partial charge is 0.478 e. The Morgan fingerprint density at radius 1 is 1.79 bits per heavy atom.